The summed E-state index contributed by atoms with van der Waals surface area (Å²) >= 11 is 1.53. The Labute approximate surface area is 71.1 Å². The number of anilines is 1. The van der Waals surface area contributed by atoms with Crippen molar-refractivity contribution < 1.29 is 4.74 Å². The molecule has 0 aliphatic heterocycles. The maximum Gasteiger partial charge on any atom is 0.111 e. The molecule has 0 spiro atoms. The zero-order valence-corrected chi connectivity index (χ0v) is 7.23. The van der Waals surface area contributed by atoms with Crippen molar-refractivity contribution in [2.24, 2.45) is 0 Å². The number of methoxy groups -OCH3 is 1. The van der Waals surface area contributed by atoms with Crippen LogP contribution in [0.2, 0.25) is 0 Å². The minimum Gasteiger partial charge on any atom is -0.372 e. The van der Waals surface area contributed by atoms with Gasteiger partial charge in [0.15, 0.2) is 0 Å². The van der Waals surface area contributed by atoms with Crippen LogP contribution in [-0.4, -0.2) is 13.0 Å². The molecule has 0 atom stereocenters. The average Bonchev–Trinajstić information content (AvgIpc) is 2.07. The summed E-state index contributed by atoms with van der Waals surface area (Å²) in [4.78, 5) is 0. The number of para-hydroxylation sites is 1. The van der Waals surface area contributed by atoms with Crippen LogP contribution in [0.25, 0.3) is 0 Å². The third-order valence-electron chi connectivity index (χ3n) is 1.14. The molecule has 0 radical (unpaired) electrons. The van der Waals surface area contributed by atoms with E-state index in [9.17, 15) is 0 Å². The SMILES string of the molecule is COCSNc1ccccc1. The van der Waals surface area contributed by atoms with Crippen molar-refractivity contribution in [2.75, 3.05) is 17.8 Å². The van der Waals surface area contributed by atoms with E-state index in [-0.39, 0.29) is 0 Å². The highest BCUT2D eigenvalue weighted by Crippen LogP contribution is 2.10. The van der Waals surface area contributed by atoms with Crippen LogP contribution < -0.4 is 4.72 Å². The lowest BCUT2D eigenvalue weighted by atomic mass is 10.3. The van der Waals surface area contributed by atoms with Crippen molar-refractivity contribution in [3.05, 3.63) is 30.3 Å². The van der Waals surface area contributed by atoms with Crippen LogP contribution in [0, 0.1) is 0 Å². The van der Waals surface area contributed by atoms with E-state index in [1.807, 2.05) is 30.3 Å². The molecule has 60 valence electrons. The Hall–Kier alpha value is -0.670. The van der Waals surface area contributed by atoms with Crippen molar-refractivity contribution >= 4 is 17.6 Å². The lowest BCUT2D eigenvalue weighted by Gasteiger charge is -2.02. The molecule has 0 aromatic heterocycles. The highest BCUT2D eigenvalue weighted by atomic mass is 32.2. The molecule has 0 heterocycles. The molecule has 0 fully saturated rings. The summed E-state index contributed by atoms with van der Waals surface area (Å²) in [6.45, 7) is 0. The van der Waals surface area contributed by atoms with Crippen molar-refractivity contribution in [1.29, 1.82) is 0 Å². The first-order chi connectivity index (χ1) is 5.43. The van der Waals surface area contributed by atoms with Crippen molar-refractivity contribution in [3.63, 3.8) is 0 Å². The van der Waals surface area contributed by atoms with Gasteiger partial charge in [0.1, 0.15) is 5.94 Å². The minimum atomic E-state index is 0.662. The summed E-state index contributed by atoms with van der Waals surface area (Å²) in [5, 5.41) is 0. The molecular formula is C8H11NOS. The maximum absolute atomic E-state index is 4.86. The summed E-state index contributed by atoms with van der Waals surface area (Å²) in [6, 6.07) is 10.0. The Balaban J connectivity index is 2.28. The number of ether oxygens (including phenoxy) is 1. The van der Waals surface area contributed by atoms with E-state index in [0.29, 0.717) is 5.94 Å². The lowest BCUT2D eigenvalue weighted by Crippen LogP contribution is -1.89. The second kappa shape index (κ2) is 5.04. The molecule has 0 saturated heterocycles. The zero-order valence-electron chi connectivity index (χ0n) is 6.41. The Bertz CT molecular complexity index is 191. The first-order valence-electron chi connectivity index (χ1n) is 3.35. The van der Waals surface area contributed by atoms with Crippen LogP contribution in [0.3, 0.4) is 0 Å². The predicted octanol–water partition coefficient (Wildman–Crippen LogP) is 2.35. The molecule has 0 aliphatic rings. The van der Waals surface area contributed by atoms with Gasteiger partial charge in [-0.05, 0) is 24.1 Å². The standard InChI is InChI=1S/C8H11NOS/c1-10-7-11-9-8-5-3-2-4-6-8/h2-6,9H,7H2,1H3. The van der Waals surface area contributed by atoms with Gasteiger partial charge in [-0.25, -0.2) is 0 Å². The second-order valence-electron chi connectivity index (χ2n) is 2.02. The smallest absolute Gasteiger partial charge is 0.111 e. The molecule has 11 heavy (non-hydrogen) atoms. The van der Waals surface area contributed by atoms with Crippen molar-refractivity contribution in [2.45, 2.75) is 0 Å². The number of hydrogen-bond donors (Lipinski definition) is 1. The van der Waals surface area contributed by atoms with E-state index < -0.39 is 0 Å². The normalized spacial score (nSPS) is 9.55. The van der Waals surface area contributed by atoms with Gasteiger partial charge < -0.3 is 9.46 Å². The fourth-order valence-corrected chi connectivity index (χ4v) is 1.16. The summed E-state index contributed by atoms with van der Waals surface area (Å²) < 4.78 is 8.00. The molecule has 3 heteroatoms. The van der Waals surface area contributed by atoms with Gasteiger partial charge in [0, 0.05) is 12.8 Å². The van der Waals surface area contributed by atoms with Crippen LogP contribution in [0.4, 0.5) is 5.69 Å². The van der Waals surface area contributed by atoms with Gasteiger partial charge in [-0.3, -0.25) is 0 Å². The molecule has 0 unspecified atom stereocenters. The fraction of sp³-hybridized carbons (Fsp3) is 0.250. The first-order valence-corrected chi connectivity index (χ1v) is 4.34. The van der Waals surface area contributed by atoms with Gasteiger partial charge in [0.25, 0.3) is 0 Å². The van der Waals surface area contributed by atoms with Crippen molar-refractivity contribution in [1.82, 2.24) is 0 Å². The zero-order chi connectivity index (χ0) is 7.94. The number of nitrogens with one attached hydrogen (secondary N) is 1. The van der Waals surface area contributed by atoms with Crippen LogP contribution in [-0.2, 0) is 4.74 Å². The number of rotatable bonds is 4. The van der Waals surface area contributed by atoms with Gasteiger partial charge in [-0.1, -0.05) is 18.2 Å². The quantitative estimate of drug-likeness (QED) is 0.424. The third kappa shape index (κ3) is 3.30. The van der Waals surface area contributed by atoms with E-state index in [1.165, 1.54) is 11.9 Å². The van der Waals surface area contributed by atoms with Crippen LogP contribution >= 0.6 is 11.9 Å². The topological polar surface area (TPSA) is 21.3 Å². The average molecular weight is 169 g/mol. The molecule has 0 amide bonds. The molecule has 2 nitrogen and oxygen atoms in total. The predicted molar refractivity (Wildman–Crippen MR) is 49.5 cm³/mol. The van der Waals surface area contributed by atoms with Crippen LogP contribution in [0.15, 0.2) is 30.3 Å². The van der Waals surface area contributed by atoms with Gasteiger partial charge in [0.2, 0.25) is 0 Å². The van der Waals surface area contributed by atoms with Gasteiger partial charge >= 0.3 is 0 Å². The maximum atomic E-state index is 4.86. The Morgan fingerprint density at radius 3 is 2.73 bits per heavy atom. The van der Waals surface area contributed by atoms with Gasteiger partial charge in [0.05, 0.1) is 0 Å². The largest absolute Gasteiger partial charge is 0.372 e. The first kappa shape index (κ1) is 8.43. The molecule has 0 saturated carbocycles. The fourth-order valence-electron chi connectivity index (χ4n) is 0.678. The molecule has 1 aromatic carbocycles. The Morgan fingerprint density at radius 1 is 1.36 bits per heavy atom. The summed E-state index contributed by atoms with van der Waals surface area (Å²) in [5.41, 5.74) is 1.11. The summed E-state index contributed by atoms with van der Waals surface area (Å²) in [7, 11) is 1.68. The number of hydrogen-bond acceptors (Lipinski definition) is 3. The second-order valence-corrected chi connectivity index (χ2v) is 2.75. The monoisotopic (exact) mass is 169 g/mol. The highest BCUT2D eigenvalue weighted by Gasteiger charge is 1.87. The van der Waals surface area contributed by atoms with Crippen LogP contribution in [0.5, 0.6) is 0 Å². The molecular weight excluding hydrogens is 158 g/mol. The number of benzene rings is 1. The summed E-state index contributed by atoms with van der Waals surface area (Å²) in [6.07, 6.45) is 0. The molecule has 1 rings (SSSR count). The highest BCUT2D eigenvalue weighted by molar-refractivity contribution is 8.00. The van der Waals surface area contributed by atoms with Crippen LogP contribution in [0.1, 0.15) is 0 Å². The van der Waals surface area contributed by atoms with E-state index in [0.717, 1.165) is 5.69 Å². The summed E-state index contributed by atoms with van der Waals surface area (Å²) in [5.74, 6) is 0.662. The van der Waals surface area contributed by atoms with E-state index in [2.05, 4.69) is 4.72 Å². The third-order valence-corrected chi connectivity index (χ3v) is 1.87. The molecule has 1 aromatic rings. The lowest BCUT2D eigenvalue weighted by molar-refractivity contribution is 0.259. The van der Waals surface area contributed by atoms with E-state index >= 15 is 0 Å². The minimum absolute atomic E-state index is 0.662. The van der Waals surface area contributed by atoms with E-state index in [1.54, 1.807) is 7.11 Å². The van der Waals surface area contributed by atoms with Crippen molar-refractivity contribution in [3.8, 4) is 0 Å². The Kier molecular flexibility index (Phi) is 3.86. The Morgan fingerprint density at radius 2 is 2.09 bits per heavy atom. The molecule has 0 aliphatic carbocycles. The van der Waals surface area contributed by atoms with E-state index in [4.69, 9.17) is 4.74 Å². The van der Waals surface area contributed by atoms with Gasteiger partial charge in [-0.15, -0.1) is 0 Å². The molecule has 1 N–H and O–H groups in total. The molecule has 0 bridgehead atoms. The van der Waals surface area contributed by atoms with Gasteiger partial charge in [-0.2, -0.15) is 0 Å².